The number of rotatable bonds is 1. The lowest BCUT2D eigenvalue weighted by molar-refractivity contribution is -0.266. The van der Waals surface area contributed by atoms with Gasteiger partial charge in [0.15, 0.2) is 0 Å². The molecule has 0 radical (unpaired) electrons. The van der Waals surface area contributed by atoms with E-state index < -0.39 is 16.5 Å². The molecular weight excluding hydrogens is 234 g/mol. The Kier molecular flexibility index (Phi) is 3.69. The first-order valence-corrected chi connectivity index (χ1v) is 3.21. The normalized spacial score (nSPS) is 16.6. The highest BCUT2D eigenvalue weighted by Gasteiger charge is 2.45. The molecule has 68 valence electrons. The van der Waals surface area contributed by atoms with Crippen LogP contribution < -0.4 is 0 Å². The van der Waals surface area contributed by atoms with Crippen LogP contribution in [0, 0.1) is 0 Å². The molecule has 0 spiro atoms. The molecule has 0 rings (SSSR count). The van der Waals surface area contributed by atoms with Crippen LogP contribution in [0.4, 0.5) is 17.6 Å². The third-order valence-corrected chi connectivity index (χ3v) is 0.762. The molecule has 0 bridgehead atoms. The molecule has 11 heavy (non-hydrogen) atoms. The van der Waals surface area contributed by atoms with Crippen molar-refractivity contribution in [2.45, 2.75) is 16.5 Å². The standard InChI is InChI=1S/C3HCl3F4O/c4-3(5,6)11-1(7)2(8,9)10/h1H/t1-/m1/s1. The first kappa shape index (κ1) is 11.6. The number of ether oxygens (including phenoxy) is 1. The Morgan fingerprint density at radius 2 is 1.45 bits per heavy atom. The monoisotopic (exact) mass is 234 g/mol. The molecule has 0 aromatic carbocycles. The van der Waals surface area contributed by atoms with Crippen molar-refractivity contribution in [3.8, 4) is 0 Å². The second-order valence-corrected chi connectivity index (χ2v) is 3.60. The molecule has 0 N–H and O–H groups in total. The van der Waals surface area contributed by atoms with E-state index in [1.165, 1.54) is 0 Å². The SMILES string of the molecule is F[C@H](OC(Cl)(Cl)Cl)C(F)(F)F. The quantitative estimate of drug-likeness (QED) is 0.501. The minimum absolute atomic E-state index is 2.70. The highest BCUT2D eigenvalue weighted by molar-refractivity contribution is 6.66. The number of hydrogen-bond acceptors (Lipinski definition) is 1. The van der Waals surface area contributed by atoms with Crippen LogP contribution >= 0.6 is 34.8 Å². The van der Waals surface area contributed by atoms with E-state index in [0.717, 1.165) is 0 Å². The predicted octanol–water partition coefficient (Wildman–Crippen LogP) is 3.19. The van der Waals surface area contributed by atoms with Crippen LogP contribution in [0.5, 0.6) is 0 Å². The average Bonchev–Trinajstić information content (AvgIpc) is 1.56. The summed E-state index contributed by atoms with van der Waals surface area (Å²) in [6.45, 7) is 0. The van der Waals surface area contributed by atoms with E-state index in [9.17, 15) is 17.6 Å². The molecule has 1 nitrogen and oxygen atoms in total. The zero-order chi connectivity index (χ0) is 9.28. The topological polar surface area (TPSA) is 9.23 Å². The molecule has 0 unspecified atom stereocenters. The second-order valence-electron chi connectivity index (χ2n) is 1.42. The number of alkyl halides is 7. The number of halogens is 7. The Morgan fingerprint density at radius 3 is 1.55 bits per heavy atom. The van der Waals surface area contributed by atoms with Crippen molar-refractivity contribution in [2.75, 3.05) is 0 Å². The van der Waals surface area contributed by atoms with Gasteiger partial charge in [-0.15, -0.1) is 0 Å². The van der Waals surface area contributed by atoms with Gasteiger partial charge in [-0.1, -0.05) is 34.8 Å². The summed E-state index contributed by atoms with van der Waals surface area (Å²) in [5.41, 5.74) is 0. The van der Waals surface area contributed by atoms with E-state index in [1.807, 2.05) is 0 Å². The third kappa shape index (κ3) is 5.78. The van der Waals surface area contributed by atoms with Crippen LogP contribution in [0.2, 0.25) is 0 Å². The van der Waals surface area contributed by atoms with E-state index in [0.29, 0.717) is 0 Å². The summed E-state index contributed by atoms with van der Waals surface area (Å²) in [6, 6.07) is 0. The first-order chi connectivity index (χ1) is 4.63. The molecule has 0 heterocycles. The molecule has 1 atom stereocenters. The van der Waals surface area contributed by atoms with Crippen molar-refractivity contribution >= 4 is 34.8 Å². The van der Waals surface area contributed by atoms with Crippen molar-refractivity contribution in [3.05, 3.63) is 0 Å². The highest BCUT2D eigenvalue weighted by Crippen LogP contribution is 2.34. The van der Waals surface area contributed by atoms with Gasteiger partial charge in [0.1, 0.15) is 0 Å². The van der Waals surface area contributed by atoms with Gasteiger partial charge in [-0.05, 0) is 0 Å². The summed E-state index contributed by atoms with van der Waals surface area (Å²) in [5.74, 6) is 0. The van der Waals surface area contributed by atoms with E-state index in [1.54, 1.807) is 0 Å². The smallest absolute Gasteiger partial charge is 0.291 e. The van der Waals surface area contributed by atoms with Gasteiger partial charge in [-0.3, -0.25) is 4.74 Å². The van der Waals surface area contributed by atoms with Crippen LogP contribution in [0.3, 0.4) is 0 Å². The van der Waals surface area contributed by atoms with E-state index in [4.69, 9.17) is 34.8 Å². The Morgan fingerprint density at radius 1 is 1.09 bits per heavy atom. The van der Waals surface area contributed by atoms with Gasteiger partial charge in [0.25, 0.3) is 10.3 Å². The van der Waals surface area contributed by atoms with Gasteiger partial charge in [0, 0.05) is 0 Å². The molecule has 0 aromatic rings. The zero-order valence-electron chi connectivity index (χ0n) is 4.63. The van der Waals surface area contributed by atoms with Crippen molar-refractivity contribution in [2.24, 2.45) is 0 Å². The van der Waals surface area contributed by atoms with Gasteiger partial charge in [-0.25, -0.2) is 4.39 Å². The summed E-state index contributed by atoms with van der Waals surface area (Å²) in [6.07, 6.45) is -8.76. The maximum Gasteiger partial charge on any atom is 0.445 e. The largest absolute Gasteiger partial charge is 0.445 e. The highest BCUT2D eigenvalue weighted by atomic mass is 35.6. The molecule has 8 heteroatoms. The van der Waals surface area contributed by atoms with Crippen LogP contribution in [0.15, 0.2) is 0 Å². The lowest BCUT2D eigenvalue weighted by Crippen LogP contribution is -2.31. The maximum atomic E-state index is 11.8. The first-order valence-electron chi connectivity index (χ1n) is 2.08. The minimum Gasteiger partial charge on any atom is -0.291 e. The van der Waals surface area contributed by atoms with Gasteiger partial charge >= 0.3 is 6.18 Å². The van der Waals surface area contributed by atoms with Gasteiger partial charge in [0.05, 0.1) is 0 Å². The van der Waals surface area contributed by atoms with E-state index >= 15 is 0 Å². The summed E-state index contributed by atoms with van der Waals surface area (Å²) in [7, 11) is 0. The van der Waals surface area contributed by atoms with Crippen molar-refractivity contribution in [1.29, 1.82) is 0 Å². The third-order valence-electron chi connectivity index (χ3n) is 0.494. The molecule has 0 amide bonds. The van der Waals surface area contributed by atoms with Crippen molar-refractivity contribution in [3.63, 3.8) is 0 Å². The molecule has 0 aliphatic rings. The molecule has 0 saturated carbocycles. The van der Waals surface area contributed by atoms with Gasteiger partial charge in [-0.2, -0.15) is 13.2 Å². The number of hydrogen-bond donors (Lipinski definition) is 0. The molecule has 0 saturated heterocycles. The lowest BCUT2D eigenvalue weighted by Gasteiger charge is -2.17. The minimum atomic E-state index is -5.18. The van der Waals surface area contributed by atoms with Crippen LogP contribution in [0.1, 0.15) is 0 Å². The van der Waals surface area contributed by atoms with Crippen LogP contribution in [-0.2, 0) is 4.74 Å². The Hall–Kier alpha value is 0.550. The summed E-state index contributed by atoms with van der Waals surface area (Å²) < 4.78 is 46.3. The van der Waals surface area contributed by atoms with Crippen LogP contribution in [-0.4, -0.2) is 16.5 Å². The Balaban J connectivity index is 3.99. The molecule has 0 aliphatic carbocycles. The van der Waals surface area contributed by atoms with Gasteiger partial charge < -0.3 is 0 Å². The Bertz CT molecular complexity index is 130. The Labute approximate surface area is 74.2 Å². The predicted molar refractivity (Wildman–Crippen MR) is 32.3 cm³/mol. The molecular formula is C3HCl3F4O. The van der Waals surface area contributed by atoms with E-state index in [2.05, 4.69) is 4.74 Å². The average molecular weight is 235 g/mol. The van der Waals surface area contributed by atoms with Crippen molar-refractivity contribution in [1.82, 2.24) is 0 Å². The fraction of sp³-hybridized carbons (Fsp3) is 1.00. The fourth-order valence-electron chi connectivity index (χ4n) is 0.184. The van der Waals surface area contributed by atoms with Crippen molar-refractivity contribution < 1.29 is 22.3 Å². The van der Waals surface area contributed by atoms with Crippen LogP contribution in [0.25, 0.3) is 0 Å². The lowest BCUT2D eigenvalue weighted by atomic mass is 10.7. The summed E-state index contributed by atoms with van der Waals surface area (Å²) in [5, 5.41) is 0. The summed E-state index contributed by atoms with van der Waals surface area (Å²) in [4.78, 5) is 0. The van der Waals surface area contributed by atoms with E-state index in [-0.39, 0.29) is 0 Å². The molecule has 0 fully saturated rings. The maximum absolute atomic E-state index is 11.8. The van der Waals surface area contributed by atoms with Gasteiger partial charge in [0.2, 0.25) is 0 Å². The fourth-order valence-corrected chi connectivity index (χ4v) is 0.419. The molecule has 0 aromatic heterocycles. The summed E-state index contributed by atoms with van der Waals surface area (Å²) >= 11 is 14.1. The second kappa shape index (κ2) is 3.51. The molecule has 0 aliphatic heterocycles. The zero-order valence-corrected chi connectivity index (χ0v) is 6.90.